The molecule has 0 aromatic carbocycles. The van der Waals surface area contributed by atoms with Crippen LogP contribution in [0.2, 0.25) is 0 Å². The number of nitrogens with zero attached hydrogens (tertiary/aromatic N) is 2. The van der Waals surface area contributed by atoms with Crippen LogP contribution >= 0.6 is 0 Å². The molecule has 15 heavy (non-hydrogen) atoms. The van der Waals surface area contributed by atoms with E-state index in [1.165, 1.54) is 0 Å². The largest absolute Gasteiger partial charge is 0.449 e. The predicted molar refractivity (Wildman–Crippen MR) is 57.5 cm³/mol. The normalized spacial score (nSPS) is 10.3. The highest BCUT2D eigenvalue weighted by Gasteiger charge is 2.10. The fourth-order valence-corrected chi connectivity index (χ4v) is 1.49. The molecule has 0 atom stereocenters. The number of carbonyl (C=O) groups excluding carboxylic acids is 1. The Morgan fingerprint density at radius 2 is 2.13 bits per heavy atom. The van der Waals surface area contributed by atoms with Crippen LogP contribution in [0.3, 0.4) is 0 Å². The molecule has 1 heterocycles. The smallest absolute Gasteiger partial charge is 0.222 e. The lowest BCUT2D eigenvalue weighted by Gasteiger charge is -2.17. The highest BCUT2D eigenvalue weighted by Crippen LogP contribution is 2.05. The second kappa shape index (κ2) is 5.53. The molecule has 0 fully saturated rings. The maximum absolute atomic E-state index is 11.7. The SMILES string of the molecule is CCN(CC)C(=O)CCc1coc(C)n1. The van der Waals surface area contributed by atoms with E-state index in [1.54, 1.807) is 13.2 Å². The van der Waals surface area contributed by atoms with Crippen LogP contribution in [-0.2, 0) is 11.2 Å². The van der Waals surface area contributed by atoms with Gasteiger partial charge in [-0.2, -0.15) is 0 Å². The number of rotatable bonds is 5. The lowest BCUT2D eigenvalue weighted by atomic mass is 10.2. The van der Waals surface area contributed by atoms with Crippen molar-refractivity contribution in [1.29, 1.82) is 0 Å². The molecule has 4 nitrogen and oxygen atoms in total. The third-order valence-electron chi connectivity index (χ3n) is 2.38. The van der Waals surface area contributed by atoms with Gasteiger partial charge in [0.05, 0.1) is 5.69 Å². The van der Waals surface area contributed by atoms with Gasteiger partial charge in [0.2, 0.25) is 5.91 Å². The van der Waals surface area contributed by atoms with E-state index in [-0.39, 0.29) is 5.91 Å². The number of aromatic nitrogens is 1. The summed E-state index contributed by atoms with van der Waals surface area (Å²) >= 11 is 0. The molecule has 0 spiro atoms. The van der Waals surface area contributed by atoms with E-state index in [1.807, 2.05) is 18.7 Å². The predicted octanol–water partition coefficient (Wildman–Crippen LogP) is 1.78. The van der Waals surface area contributed by atoms with Crippen LogP contribution in [-0.4, -0.2) is 28.9 Å². The third-order valence-corrected chi connectivity index (χ3v) is 2.38. The van der Waals surface area contributed by atoms with Gasteiger partial charge in [0.25, 0.3) is 0 Å². The van der Waals surface area contributed by atoms with Crippen LogP contribution in [0, 0.1) is 6.92 Å². The Kier molecular flexibility index (Phi) is 4.34. The summed E-state index contributed by atoms with van der Waals surface area (Å²) in [4.78, 5) is 17.6. The van der Waals surface area contributed by atoms with Crippen LogP contribution in [0.4, 0.5) is 0 Å². The Morgan fingerprint density at radius 1 is 1.47 bits per heavy atom. The molecule has 1 aromatic rings. The number of amides is 1. The molecule has 1 rings (SSSR count). The van der Waals surface area contributed by atoms with Crippen molar-refractivity contribution in [1.82, 2.24) is 9.88 Å². The van der Waals surface area contributed by atoms with Crippen molar-refractivity contribution in [3.63, 3.8) is 0 Å². The average Bonchev–Trinajstić information content (AvgIpc) is 2.63. The lowest BCUT2D eigenvalue weighted by molar-refractivity contribution is -0.130. The molecule has 0 unspecified atom stereocenters. The second-order valence-electron chi connectivity index (χ2n) is 3.42. The minimum absolute atomic E-state index is 0.181. The number of aryl methyl sites for hydroxylation is 2. The summed E-state index contributed by atoms with van der Waals surface area (Å²) in [6.45, 7) is 7.32. The van der Waals surface area contributed by atoms with Crippen molar-refractivity contribution >= 4 is 5.91 Å². The molecule has 0 saturated carbocycles. The van der Waals surface area contributed by atoms with Crippen molar-refractivity contribution in [3.05, 3.63) is 17.8 Å². The molecule has 84 valence electrons. The van der Waals surface area contributed by atoms with Gasteiger partial charge in [0, 0.05) is 32.9 Å². The Morgan fingerprint density at radius 3 is 2.60 bits per heavy atom. The van der Waals surface area contributed by atoms with Crippen LogP contribution in [0.15, 0.2) is 10.7 Å². The van der Waals surface area contributed by atoms with Gasteiger partial charge in [-0.25, -0.2) is 4.98 Å². The monoisotopic (exact) mass is 210 g/mol. The van der Waals surface area contributed by atoms with Crippen molar-refractivity contribution < 1.29 is 9.21 Å². The van der Waals surface area contributed by atoms with Crippen molar-refractivity contribution in [2.75, 3.05) is 13.1 Å². The Bertz CT molecular complexity index is 316. The van der Waals surface area contributed by atoms with Gasteiger partial charge in [-0.05, 0) is 13.8 Å². The molecular formula is C11H18N2O2. The number of hydrogen-bond donors (Lipinski definition) is 0. The van der Waals surface area contributed by atoms with Crippen molar-refractivity contribution in [3.8, 4) is 0 Å². The summed E-state index contributed by atoms with van der Waals surface area (Å²) in [6, 6.07) is 0. The standard InChI is InChI=1S/C11H18N2O2/c1-4-13(5-2)11(14)7-6-10-8-15-9(3)12-10/h8H,4-7H2,1-3H3. The van der Waals surface area contributed by atoms with Gasteiger partial charge in [0.1, 0.15) is 6.26 Å². The summed E-state index contributed by atoms with van der Waals surface area (Å²) in [5, 5.41) is 0. The zero-order valence-electron chi connectivity index (χ0n) is 9.62. The summed E-state index contributed by atoms with van der Waals surface area (Å²) in [7, 11) is 0. The fourth-order valence-electron chi connectivity index (χ4n) is 1.49. The fraction of sp³-hybridized carbons (Fsp3) is 0.636. The second-order valence-corrected chi connectivity index (χ2v) is 3.42. The summed E-state index contributed by atoms with van der Waals surface area (Å²) < 4.78 is 5.07. The lowest BCUT2D eigenvalue weighted by Crippen LogP contribution is -2.30. The van der Waals surface area contributed by atoms with Gasteiger partial charge in [-0.15, -0.1) is 0 Å². The molecule has 1 aromatic heterocycles. The van der Waals surface area contributed by atoms with Gasteiger partial charge >= 0.3 is 0 Å². The first-order valence-electron chi connectivity index (χ1n) is 5.36. The Hall–Kier alpha value is -1.32. The zero-order valence-corrected chi connectivity index (χ0v) is 9.62. The number of oxazole rings is 1. The minimum atomic E-state index is 0.181. The first-order chi connectivity index (χ1) is 7.17. The van der Waals surface area contributed by atoms with E-state index in [0.29, 0.717) is 18.7 Å². The number of hydrogen-bond acceptors (Lipinski definition) is 3. The molecule has 0 aliphatic heterocycles. The van der Waals surface area contributed by atoms with Crippen LogP contribution < -0.4 is 0 Å². The zero-order chi connectivity index (χ0) is 11.3. The first kappa shape index (κ1) is 11.8. The highest BCUT2D eigenvalue weighted by atomic mass is 16.3. The minimum Gasteiger partial charge on any atom is -0.449 e. The van der Waals surface area contributed by atoms with Gasteiger partial charge in [-0.1, -0.05) is 0 Å². The van der Waals surface area contributed by atoms with Crippen LogP contribution in [0.5, 0.6) is 0 Å². The molecule has 0 N–H and O–H groups in total. The van der Waals surface area contributed by atoms with Gasteiger partial charge < -0.3 is 9.32 Å². The molecule has 0 bridgehead atoms. The molecule has 0 aliphatic carbocycles. The Labute approximate surface area is 90.3 Å². The maximum Gasteiger partial charge on any atom is 0.222 e. The van der Waals surface area contributed by atoms with Gasteiger partial charge in [-0.3, -0.25) is 4.79 Å². The first-order valence-corrected chi connectivity index (χ1v) is 5.36. The maximum atomic E-state index is 11.7. The van der Waals surface area contributed by atoms with E-state index in [2.05, 4.69) is 4.98 Å². The molecule has 0 saturated heterocycles. The van der Waals surface area contributed by atoms with E-state index < -0.39 is 0 Å². The summed E-state index contributed by atoms with van der Waals surface area (Å²) in [6.07, 6.45) is 2.78. The molecular weight excluding hydrogens is 192 g/mol. The van der Waals surface area contributed by atoms with Crippen molar-refractivity contribution in [2.45, 2.75) is 33.6 Å². The Balaban J connectivity index is 2.40. The molecule has 4 heteroatoms. The topological polar surface area (TPSA) is 46.3 Å². The van der Waals surface area contributed by atoms with Crippen LogP contribution in [0.1, 0.15) is 31.9 Å². The van der Waals surface area contributed by atoms with Crippen molar-refractivity contribution in [2.24, 2.45) is 0 Å². The third kappa shape index (κ3) is 3.38. The van der Waals surface area contributed by atoms with Crippen LogP contribution in [0.25, 0.3) is 0 Å². The van der Waals surface area contributed by atoms with E-state index in [0.717, 1.165) is 18.8 Å². The summed E-state index contributed by atoms with van der Waals surface area (Å²) in [5.41, 5.74) is 0.855. The summed E-state index contributed by atoms with van der Waals surface area (Å²) in [5.74, 6) is 0.834. The molecule has 0 aliphatic rings. The molecule has 1 amide bonds. The van der Waals surface area contributed by atoms with E-state index in [9.17, 15) is 4.79 Å². The highest BCUT2D eigenvalue weighted by molar-refractivity contribution is 5.76. The van der Waals surface area contributed by atoms with E-state index in [4.69, 9.17) is 4.42 Å². The number of carbonyl (C=O) groups is 1. The molecule has 0 radical (unpaired) electrons. The van der Waals surface area contributed by atoms with E-state index >= 15 is 0 Å². The average molecular weight is 210 g/mol. The van der Waals surface area contributed by atoms with Gasteiger partial charge in [0.15, 0.2) is 5.89 Å². The quantitative estimate of drug-likeness (QED) is 0.744.